The van der Waals surface area contributed by atoms with Gasteiger partial charge >= 0.3 is 6.11 Å². The van der Waals surface area contributed by atoms with Gasteiger partial charge in [0.15, 0.2) is 0 Å². The quantitative estimate of drug-likeness (QED) is 0.534. The molecule has 0 N–H and O–H groups in total. The molecule has 0 aliphatic rings. The Kier molecular flexibility index (Phi) is 7.23. The highest BCUT2D eigenvalue weighted by molar-refractivity contribution is 5.33. The maximum atomic E-state index is 14.2. The number of hydrogen-bond acceptors (Lipinski definition) is 2. The van der Waals surface area contributed by atoms with Crippen LogP contribution >= 0.6 is 0 Å². The summed E-state index contributed by atoms with van der Waals surface area (Å²) < 4.78 is 46.6. The van der Waals surface area contributed by atoms with Crippen LogP contribution in [-0.4, -0.2) is 6.61 Å². The van der Waals surface area contributed by atoms with Crippen LogP contribution in [0.3, 0.4) is 0 Å². The van der Waals surface area contributed by atoms with Gasteiger partial charge in [0, 0.05) is 0 Å². The third kappa shape index (κ3) is 5.60. The van der Waals surface area contributed by atoms with E-state index in [9.17, 15) is 13.2 Å². The average Bonchev–Trinajstić information content (AvgIpc) is 2.62. The molecule has 0 aromatic heterocycles. The molecule has 5 heteroatoms. The first kappa shape index (κ1) is 20.0. The van der Waals surface area contributed by atoms with Crippen molar-refractivity contribution in [3.05, 3.63) is 70.5 Å². The molecule has 0 saturated carbocycles. The van der Waals surface area contributed by atoms with E-state index in [-0.39, 0.29) is 24.2 Å². The fraction of sp³-hybridized carbons (Fsp3) is 0.381. The number of nitriles is 1. The van der Waals surface area contributed by atoms with Gasteiger partial charge in [0.05, 0.1) is 17.7 Å². The first-order valence-electron chi connectivity index (χ1n) is 8.76. The van der Waals surface area contributed by atoms with Gasteiger partial charge in [-0.2, -0.15) is 14.0 Å². The molecule has 2 rings (SSSR count). The monoisotopic (exact) mass is 361 g/mol. The Morgan fingerprint density at radius 3 is 2.31 bits per heavy atom. The normalized spacial score (nSPS) is 11.3. The summed E-state index contributed by atoms with van der Waals surface area (Å²) in [5.41, 5.74) is 1.27. The Bertz CT molecular complexity index is 751. The molecule has 0 heterocycles. The first-order valence-corrected chi connectivity index (χ1v) is 8.76. The van der Waals surface area contributed by atoms with Crippen molar-refractivity contribution >= 4 is 0 Å². The van der Waals surface area contributed by atoms with Gasteiger partial charge in [0.1, 0.15) is 11.9 Å². The number of halogens is 3. The number of unbranched alkanes of at least 4 members (excludes halogenated alkanes) is 2. The zero-order valence-electron chi connectivity index (χ0n) is 14.8. The highest BCUT2D eigenvalue weighted by atomic mass is 19.3. The number of benzene rings is 2. The Morgan fingerprint density at radius 1 is 1.00 bits per heavy atom. The maximum absolute atomic E-state index is 14.2. The van der Waals surface area contributed by atoms with E-state index in [4.69, 9.17) is 10.00 Å². The van der Waals surface area contributed by atoms with Crippen LogP contribution in [0.1, 0.15) is 48.4 Å². The van der Waals surface area contributed by atoms with Gasteiger partial charge in [-0.15, -0.1) is 0 Å². The predicted molar refractivity (Wildman–Crippen MR) is 94.3 cm³/mol. The molecule has 0 radical (unpaired) electrons. The molecule has 0 fully saturated rings. The minimum Gasteiger partial charge on any atom is -0.316 e. The van der Waals surface area contributed by atoms with Crippen LogP contribution in [-0.2, 0) is 23.7 Å². The molecular weight excluding hydrogens is 339 g/mol. The molecule has 0 amide bonds. The summed E-state index contributed by atoms with van der Waals surface area (Å²) >= 11 is 0. The molecule has 0 saturated heterocycles. The van der Waals surface area contributed by atoms with E-state index in [1.54, 1.807) is 18.2 Å². The van der Waals surface area contributed by atoms with Gasteiger partial charge in [0.25, 0.3) is 0 Å². The second kappa shape index (κ2) is 9.40. The van der Waals surface area contributed by atoms with Crippen molar-refractivity contribution in [2.45, 2.75) is 45.1 Å². The van der Waals surface area contributed by atoms with Crippen molar-refractivity contribution in [2.24, 2.45) is 0 Å². The molecular formula is C21H22F3NO. The van der Waals surface area contributed by atoms with Crippen LogP contribution < -0.4 is 0 Å². The fourth-order valence-electron chi connectivity index (χ4n) is 2.63. The molecule has 2 aromatic rings. The zero-order chi connectivity index (χ0) is 19.0. The average molecular weight is 361 g/mol. The van der Waals surface area contributed by atoms with Crippen molar-refractivity contribution in [1.82, 2.24) is 0 Å². The second-order valence-electron chi connectivity index (χ2n) is 6.20. The molecule has 0 bridgehead atoms. The van der Waals surface area contributed by atoms with Gasteiger partial charge in [-0.25, -0.2) is 4.39 Å². The molecule has 2 nitrogen and oxygen atoms in total. The van der Waals surface area contributed by atoms with Crippen molar-refractivity contribution in [3.8, 4) is 6.07 Å². The van der Waals surface area contributed by atoms with Crippen LogP contribution in [0.4, 0.5) is 13.2 Å². The van der Waals surface area contributed by atoms with Crippen molar-refractivity contribution in [1.29, 1.82) is 5.26 Å². The summed E-state index contributed by atoms with van der Waals surface area (Å²) in [5, 5.41) is 8.68. The topological polar surface area (TPSA) is 33.0 Å². The number of nitrogens with zero attached hydrogens (tertiary/aromatic N) is 1. The third-order valence-electron chi connectivity index (χ3n) is 4.19. The molecule has 0 unspecified atom stereocenters. The predicted octanol–water partition coefficient (Wildman–Crippen LogP) is 5.74. The number of alkyl halides is 2. The van der Waals surface area contributed by atoms with E-state index in [1.165, 1.54) is 30.3 Å². The lowest BCUT2D eigenvalue weighted by Crippen LogP contribution is -2.19. The third-order valence-corrected chi connectivity index (χ3v) is 4.19. The Labute approximate surface area is 152 Å². The highest BCUT2D eigenvalue weighted by Gasteiger charge is 2.32. The zero-order valence-corrected chi connectivity index (χ0v) is 14.8. The molecule has 0 aliphatic heterocycles. The first-order chi connectivity index (χ1) is 12.5. The van der Waals surface area contributed by atoms with Gasteiger partial charge in [0.2, 0.25) is 0 Å². The molecule has 0 aliphatic carbocycles. The molecule has 138 valence electrons. The van der Waals surface area contributed by atoms with E-state index in [1.807, 2.05) is 0 Å². The van der Waals surface area contributed by atoms with E-state index >= 15 is 0 Å². The van der Waals surface area contributed by atoms with E-state index in [0.717, 1.165) is 31.2 Å². The molecule has 0 spiro atoms. The SMILES string of the molecule is CCCCCc1ccc(C(F)(F)OCCc2ccc(C#N)c(F)c2)cc1. The Hall–Kier alpha value is -2.32. The van der Waals surface area contributed by atoms with Crippen LogP contribution in [0.2, 0.25) is 0 Å². The van der Waals surface area contributed by atoms with E-state index in [0.29, 0.717) is 5.56 Å². The second-order valence-corrected chi connectivity index (χ2v) is 6.20. The summed E-state index contributed by atoms with van der Waals surface area (Å²) in [7, 11) is 0. The lowest BCUT2D eigenvalue weighted by molar-refractivity contribution is -0.248. The smallest absolute Gasteiger partial charge is 0.316 e. The number of ether oxygens (including phenoxy) is 1. The summed E-state index contributed by atoms with van der Waals surface area (Å²) in [5.74, 6) is -0.657. The number of aryl methyl sites for hydroxylation is 1. The van der Waals surface area contributed by atoms with E-state index < -0.39 is 11.9 Å². The van der Waals surface area contributed by atoms with Crippen LogP contribution in [0.15, 0.2) is 42.5 Å². The van der Waals surface area contributed by atoms with Gasteiger partial charge in [-0.3, -0.25) is 0 Å². The summed E-state index contributed by atoms with van der Waals surface area (Å²) in [6, 6.07) is 12.0. The van der Waals surface area contributed by atoms with Gasteiger partial charge < -0.3 is 4.74 Å². The highest BCUT2D eigenvalue weighted by Crippen LogP contribution is 2.30. The maximum Gasteiger partial charge on any atom is 0.383 e. The Morgan fingerprint density at radius 2 is 1.69 bits per heavy atom. The summed E-state index contributed by atoms with van der Waals surface area (Å²) in [6.07, 6.45) is 0.902. The summed E-state index contributed by atoms with van der Waals surface area (Å²) in [4.78, 5) is 0. The minimum atomic E-state index is -3.40. The van der Waals surface area contributed by atoms with Crippen molar-refractivity contribution < 1.29 is 17.9 Å². The van der Waals surface area contributed by atoms with Gasteiger partial charge in [-0.05, 0) is 42.5 Å². The standard InChI is InChI=1S/C21H22F3NO/c1-2-3-4-5-16-7-10-19(11-8-16)21(23,24)26-13-12-17-6-9-18(15-25)20(22)14-17/h6-11,14H,2-5,12-13H2,1H3. The lowest BCUT2D eigenvalue weighted by Gasteiger charge is -2.17. The van der Waals surface area contributed by atoms with Crippen LogP contribution in [0.25, 0.3) is 0 Å². The van der Waals surface area contributed by atoms with E-state index in [2.05, 4.69) is 6.92 Å². The van der Waals surface area contributed by atoms with Gasteiger partial charge in [-0.1, -0.05) is 50.1 Å². The number of rotatable bonds is 9. The van der Waals surface area contributed by atoms with Crippen molar-refractivity contribution in [2.75, 3.05) is 6.61 Å². The molecule has 26 heavy (non-hydrogen) atoms. The van der Waals surface area contributed by atoms with Crippen molar-refractivity contribution in [3.63, 3.8) is 0 Å². The van der Waals surface area contributed by atoms with Crippen LogP contribution in [0, 0.1) is 17.1 Å². The summed E-state index contributed by atoms with van der Waals surface area (Å²) in [6.45, 7) is 1.86. The minimum absolute atomic E-state index is 0.0703. The lowest BCUT2D eigenvalue weighted by atomic mass is 10.1. The number of hydrogen-bond donors (Lipinski definition) is 0. The molecule has 2 aromatic carbocycles. The fourth-order valence-corrected chi connectivity index (χ4v) is 2.63. The Balaban J connectivity index is 1.89. The largest absolute Gasteiger partial charge is 0.383 e. The molecule has 0 atom stereocenters. The van der Waals surface area contributed by atoms with Crippen LogP contribution in [0.5, 0.6) is 0 Å².